The minimum atomic E-state index is -1.13. The number of amides is 4. The third-order valence-corrected chi connectivity index (χ3v) is 6.29. The van der Waals surface area contributed by atoms with E-state index in [1.807, 2.05) is 0 Å². The van der Waals surface area contributed by atoms with Gasteiger partial charge in [0.15, 0.2) is 0 Å². The van der Waals surface area contributed by atoms with Crippen molar-refractivity contribution >= 4 is 57.9 Å². The highest BCUT2D eigenvalue weighted by Gasteiger charge is 2.29. The Bertz CT molecular complexity index is 1130. The molecule has 2 aromatic rings. The van der Waals surface area contributed by atoms with Crippen LogP contribution in [0.15, 0.2) is 30.3 Å². The van der Waals surface area contributed by atoms with E-state index in [0.717, 1.165) is 17.4 Å². The molecule has 0 radical (unpaired) electrons. The Balaban J connectivity index is 1.72. The van der Waals surface area contributed by atoms with Crippen LogP contribution in [0.2, 0.25) is 4.34 Å². The van der Waals surface area contributed by atoms with Crippen molar-refractivity contribution in [1.29, 1.82) is 0 Å². The first kappa shape index (κ1) is 26.6. The van der Waals surface area contributed by atoms with Gasteiger partial charge in [-0.15, -0.1) is 11.3 Å². The molecule has 0 saturated carbocycles. The number of hydrogen-bond acceptors (Lipinski definition) is 6. The fourth-order valence-corrected chi connectivity index (χ4v) is 4.07. The third kappa shape index (κ3) is 7.00. The Kier molecular flexibility index (Phi) is 8.47. The minimum absolute atomic E-state index is 0.0794. The Labute approximate surface area is 211 Å². The third-order valence-electron chi connectivity index (χ3n) is 5.06. The molecule has 0 aliphatic carbocycles. The maximum Gasteiger partial charge on any atom is 0.261 e. The van der Waals surface area contributed by atoms with E-state index in [1.54, 1.807) is 32.9 Å². The molecular weight excluding hydrogens is 499 g/mol. The molecule has 0 bridgehead atoms. The summed E-state index contributed by atoms with van der Waals surface area (Å²) in [5, 5.41) is 7.79. The number of halogens is 2. The molecule has 0 spiro atoms. The van der Waals surface area contributed by atoms with Crippen LogP contribution in [0.5, 0.6) is 0 Å². The number of ether oxygens (including phenoxy) is 1. The van der Waals surface area contributed by atoms with Crippen LogP contribution in [-0.2, 0) is 19.1 Å². The summed E-state index contributed by atoms with van der Waals surface area (Å²) in [5.41, 5.74) is -0.582. The molecule has 1 aliphatic heterocycles. The van der Waals surface area contributed by atoms with Crippen molar-refractivity contribution in [3.05, 3.63) is 45.4 Å². The fourth-order valence-electron chi connectivity index (χ4n) is 3.11. The van der Waals surface area contributed by atoms with Crippen LogP contribution in [0.4, 0.5) is 15.8 Å². The summed E-state index contributed by atoms with van der Waals surface area (Å²) in [4.78, 5) is 51.5. The average molecular weight is 525 g/mol. The molecule has 1 aromatic heterocycles. The molecular formula is C23H26ClFN4O5S. The first-order valence-electron chi connectivity index (χ1n) is 10.8. The highest BCUT2D eigenvalue weighted by atomic mass is 35.5. The maximum atomic E-state index is 14.7. The predicted octanol–water partition coefficient (Wildman–Crippen LogP) is 2.80. The van der Waals surface area contributed by atoms with Gasteiger partial charge in [-0.1, -0.05) is 32.4 Å². The number of morpholine rings is 1. The fraction of sp³-hybridized carbons (Fsp3) is 0.391. The van der Waals surface area contributed by atoms with Crippen LogP contribution < -0.4 is 20.9 Å². The molecule has 3 rings (SSSR count). The summed E-state index contributed by atoms with van der Waals surface area (Å²) in [6.45, 7) is 5.24. The lowest BCUT2D eigenvalue weighted by Gasteiger charge is -2.27. The van der Waals surface area contributed by atoms with Crippen LogP contribution >= 0.6 is 22.9 Å². The maximum absolute atomic E-state index is 14.7. The van der Waals surface area contributed by atoms with E-state index < -0.39 is 35.0 Å². The highest BCUT2D eigenvalue weighted by Crippen LogP contribution is 2.25. The lowest BCUT2D eigenvalue weighted by atomic mass is 9.95. The van der Waals surface area contributed by atoms with Crippen molar-refractivity contribution in [3.63, 3.8) is 0 Å². The molecule has 12 heteroatoms. The number of anilines is 2. The molecule has 4 amide bonds. The number of hydrogen-bond donors (Lipinski definition) is 3. The Morgan fingerprint density at radius 1 is 1.23 bits per heavy atom. The van der Waals surface area contributed by atoms with Gasteiger partial charge in [-0.3, -0.25) is 19.2 Å². The highest BCUT2D eigenvalue weighted by molar-refractivity contribution is 7.18. The molecule has 188 valence electrons. The summed E-state index contributed by atoms with van der Waals surface area (Å²) >= 11 is 6.95. The predicted molar refractivity (Wildman–Crippen MR) is 131 cm³/mol. The first-order chi connectivity index (χ1) is 16.5. The molecule has 1 aliphatic rings. The van der Waals surface area contributed by atoms with Gasteiger partial charge in [0.2, 0.25) is 11.8 Å². The molecule has 1 aromatic carbocycles. The molecule has 9 nitrogen and oxygen atoms in total. The van der Waals surface area contributed by atoms with E-state index in [2.05, 4.69) is 16.0 Å². The summed E-state index contributed by atoms with van der Waals surface area (Å²) in [6, 6.07) is 5.92. The van der Waals surface area contributed by atoms with Gasteiger partial charge in [-0.2, -0.15) is 0 Å². The van der Waals surface area contributed by atoms with Gasteiger partial charge in [0.1, 0.15) is 18.5 Å². The van der Waals surface area contributed by atoms with Crippen LogP contribution in [-0.4, -0.2) is 56.0 Å². The minimum Gasteiger partial charge on any atom is -0.370 e. The topological polar surface area (TPSA) is 117 Å². The van der Waals surface area contributed by atoms with Crippen molar-refractivity contribution < 1.29 is 28.3 Å². The van der Waals surface area contributed by atoms with E-state index in [0.29, 0.717) is 15.8 Å². The Morgan fingerprint density at radius 3 is 2.57 bits per heavy atom. The van der Waals surface area contributed by atoms with Gasteiger partial charge in [-0.25, -0.2) is 4.39 Å². The summed E-state index contributed by atoms with van der Waals surface area (Å²) < 4.78 is 20.2. The van der Waals surface area contributed by atoms with Gasteiger partial charge in [0, 0.05) is 24.2 Å². The first-order valence-corrected chi connectivity index (χ1v) is 12.0. The molecule has 0 unspecified atom stereocenters. The van der Waals surface area contributed by atoms with E-state index in [9.17, 15) is 23.6 Å². The number of rotatable bonds is 7. The molecule has 2 heterocycles. The van der Waals surface area contributed by atoms with Crippen molar-refractivity contribution in [3.8, 4) is 0 Å². The van der Waals surface area contributed by atoms with E-state index >= 15 is 0 Å². The standard InChI is InChI=1S/C23H26ClFN4O5S/c1-23(2,3)22(33)28-15(11-26-21(32)17-6-7-18(24)35-17)20(31)27-13-4-5-16(14(25)10-13)29-8-9-34-12-19(29)30/h4-7,10,15H,8-9,11-12H2,1-3H3,(H,26,32)(H,27,31)(H,28,33)/t15-/m1/s1. The number of carbonyl (C=O) groups excluding carboxylic acids is 4. The van der Waals surface area contributed by atoms with Crippen molar-refractivity contribution in [1.82, 2.24) is 10.6 Å². The normalized spacial score (nSPS) is 14.9. The molecule has 35 heavy (non-hydrogen) atoms. The van der Waals surface area contributed by atoms with Gasteiger partial charge < -0.3 is 25.6 Å². The molecule has 3 N–H and O–H groups in total. The molecule has 1 atom stereocenters. The number of nitrogens with zero attached hydrogens (tertiary/aromatic N) is 1. The van der Waals surface area contributed by atoms with Crippen LogP contribution in [0, 0.1) is 11.2 Å². The van der Waals surface area contributed by atoms with E-state index in [4.69, 9.17) is 16.3 Å². The zero-order chi connectivity index (χ0) is 25.8. The number of thiophene rings is 1. The SMILES string of the molecule is CC(C)(C)C(=O)N[C@H](CNC(=O)c1ccc(Cl)s1)C(=O)Nc1ccc(N2CCOCC2=O)c(F)c1. The number of benzene rings is 1. The van der Waals surface area contributed by atoms with E-state index in [1.165, 1.54) is 17.0 Å². The van der Waals surface area contributed by atoms with Crippen molar-refractivity contribution in [2.75, 3.05) is 36.5 Å². The van der Waals surface area contributed by atoms with Crippen molar-refractivity contribution in [2.24, 2.45) is 5.41 Å². The Morgan fingerprint density at radius 2 is 1.97 bits per heavy atom. The second kappa shape index (κ2) is 11.1. The van der Waals surface area contributed by atoms with Crippen LogP contribution in [0.3, 0.4) is 0 Å². The lowest BCUT2D eigenvalue weighted by molar-refractivity contribution is -0.132. The largest absolute Gasteiger partial charge is 0.370 e. The van der Waals surface area contributed by atoms with Crippen LogP contribution in [0.1, 0.15) is 30.4 Å². The Hall–Kier alpha value is -3.02. The molecule has 1 fully saturated rings. The zero-order valence-corrected chi connectivity index (χ0v) is 21.0. The summed E-state index contributed by atoms with van der Waals surface area (Å²) in [7, 11) is 0. The zero-order valence-electron chi connectivity index (χ0n) is 19.4. The van der Waals surface area contributed by atoms with Gasteiger partial charge in [0.05, 0.1) is 21.5 Å². The second-order valence-corrected chi connectivity index (χ2v) is 10.6. The summed E-state index contributed by atoms with van der Waals surface area (Å²) in [6.07, 6.45) is 0. The van der Waals surface area contributed by atoms with E-state index in [-0.39, 0.29) is 37.0 Å². The summed E-state index contributed by atoms with van der Waals surface area (Å²) in [5.74, 6) is -2.56. The lowest BCUT2D eigenvalue weighted by Crippen LogP contribution is -2.53. The van der Waals surface area contributed by atoms with Crippen molar-refractivity contribution in [2.45, 2.75) is 26.8 Å². The quantitative estimate of drug-likeness (QED) is 0.515. The number of nitrogens with one attached hydrogen (secondary N) is 3. The van der Waals surface area contributed by atoms with Crippen LogP contribution in [0.25, 0.3) is 0 Å². The smallest absolute Gasteiger partial charge is 0.261 e. The van der Waals surface area contributed by atoms with Gasteiger partial charge in [-0.05, 0) is 30.3 Å². The number of carbonyl (C=O) groups is 4. The monoisotopic (exact) mass is 524 g/mol. The second-order valence-electron chi connectivity index (χ2n) is 8.84. The van der Waals surface area contributed by atoms with Gasteiger partial charge >= 0.3 is 0 Å². The molecule has 1 saturated heterocycles. The average Bonchev–Trinajstić information content (AvgIpc) is 3.22. The van der Waals surface area contributed by atoms with Gasteiger partial charge in [0.25, 0.3) is 11.8 Å².